The molecule has 1 unspecified atom stereocenters. The number of methoxy groups -OCH3 is 1. The van der Waals surface area contributed by atoms with Gasteiger partial charge in [-0.2, -0.15) is 0 Å². The van der Waals surface area contributed by atoms with E-state index in [2.05, 4.69) is 11.8 Å². The van der Waals surface area contributed by atoms with Gasteiger partial charge in [0, 0.05) is 18.2 Å². The minimum Gasteiger partial charge on any atom is -0.756 e. The standard InChI is InChI=1S/C44H72NO12P.Na/c1-4-5-6-7-8-9-10-11-12-13-14-15-16-17-24-50-25-26-51-27-28-52-29-30-53-31-32-54-33-34-55-58(47,48)57-44-21-20-37(46)42-43(44)22-23-45(2)39(44)35-36-18-19-38(49-3)41(56-42)40(36)43;/h18-21,39,42H,4-17,22-35H2,1-3H3,(H,47,48);/q;+1/p-1/t39-,42+,43+,44-;/m1./s1. The molecule has 0 saturated carbocycles. The number of benzene rings is 1. The van der Waals surface area contributed by atoms with Crippen LogP contribution >= 0.6 is 7.82 Å². The Labute approximate surface area is 375 Å². The number of piperidine rings is 1. The van der Waals surface area contributed by atoms with Crippen molar-refractivity contribution in [1.29, 1.82) is 0 Å². The van der Waals surface area contributed by atoms with Crippen LogP contribution in [0.5, 0.6) is 11.5 Å². The van der Waals surface area contributed by atoms with Crippen molar-refractivity contribution in [3.05, 3.63) is 35.4 Å². The average molecular weight is 860 g/mol. The summed E-state index contributed by atoms with van der Waals surface area (Å²) in [6, 6.07) is 3.44. The Morgan fingerprint density at radius 3 is 1.81 bits per heavy atom. The molecule has 0 aromatic heterocycles. The van der Waals surface area contributed by atoms with E-state index in [0.717, 1.165) is 24.2 Å². The van der Waals surface area contributed by atoms with Crippen LogP contribution in [0.1, 0.15) is 114 Å². The zero-order valence-corrected chi connectivity index (χ0v) is 39.5. The molecule has 1 saturated heterocycles. The van der Waals surface area contributed by atoms with Crippen molar-refractivity contribution in [2.75, 3.05) is 93.4 Å². The third-order valence-electron chi connectivity index (χ3n) is 12.2. The summed E-state index contributed by atoms with van der Waals surface area (Å²) < 4.78 is 64.7. The number of carbonyl (C=O) groups is 1. The zero-order chi connectivity index (χ0) is 41.1. The zero-order valence-electron chi connectivity index (χ0n) is 36.6. The van der Waals surface area contributed by atoms with E-state index < -0.39 is 24.9 Å². The van der Waals surface area contributed by atoms with Gasteiger partial charge in [0.2, 0.25) is 0 Å². The third kappa shape index (κ3) is 13.8. The average Bonchev–Trinajstić information content (AvgIpc) is 3.57. The summed E-state index contributed by atoms with van der Waals surface area (Å²) in [5.41, 5.74) is -0.645. The molecule has 0 radical (unpaired) electrons. The van der Waals surface area contributed by atoms with Gasteiger partial charge in [0.05, 0.1) is 78.6 Å². The van der Waals surface area contributed by atoms with Gasteiger partial charge in [-0.05, 0) is 56.6 Å². The number of ketones is 1. The summed E-state index contributed by atoms with van der Waals surface area (Å²) in [5.74, 6) is 0.758. The second-order valence-electron chi connectivity index (χ2n) is 16.1. The maximum atomic E-state index is 13.5. The summed E-state index contributed by atoms with van der Waals surface area (Å²) >= 11 is 0. The number of carbonyl (C=O) groups excluding carboxylic acids is 1. The topological polar surface area (TPSA) is 144 Å². The largest absolute Gasteiger partial charge is 1.00 e. The number of rotatable bonds is 34. The number of phosphoric ester groups is 1. The molecule has 59 heavy (non-hydrogen) atoms. The number of nitrogens with zero attached hydrogens (tertiary/aromatic N) is 1. The molecule has 1 aromatic carbocycles. The van der Waals surface area contributed by atoms with Crippen molar-refractivity contribution in [2.24, 2.45) is 0 Å². The fourth-order valence-electron chi connectivity index (χ4n) is 9.22. The minimum absolute atomic E-state index is 0. The van der Waals surface area contributed by atoms with Crippen molar-refractivity contribution < 1.29 is 86.0 Å². The first-order chi connectivity index (χ1) is 28.3. The van der Waals surface area contributed by atoms with Gasteiger partial charge in [0.1, 0.15) is 5.60 Å². The first kappa shape index (κ1) is 50.7. The molecule has 4 aliphatic rings. The van der Waals surface area contributed by atoms with Crippen LogP contribution in [0.3, 0.4) is 0 Å². The molecule has 2 aliphatic carbocycles. The number of likely N-dealkylation sites (tertiary alicyclic amines) is 1. The van der Waals surface area contributed by atoms with E-state index in [1.807, 2.05) is 19.2 Å². The molecular weight excluding hydrogens is 788 g/mol. The molecule has 2 bridgehead atoms. The number of hydrogen-bond acceptors (Lipinski definition) is 13. The molecule has 13 nitrogen and oxygen atoms in total. The Bertz CT molecular complexity index is 1470. The predicted octanol–water partition coefficient (Wildman–Crippen LogP) is 3.90. The monoisotopic (exact) mass is 859 g/mol. The van der Waals surface area contributed by atoms with Crippen LogP contribution in [0, 0.1) is 0 Å². The van der Waals surface area contributed by atoms with E-state index in [9.17, 15) is 14.3 Å². The second-order valence-corrected chi connectivity index (χ2v) is 17.4. The van der Waals surface area contributed by atoms with Crippen LogP contribution in [0.25, 0.3) is 0 Å². The smallest absolute Gasteiger partial charge is 0.756 e. The number of ether oxygens (including phenoxy) is 7. The van der Waals surface area contributed by atoms with Crippen LogP contribution in [-0.4, -0.2) is 122 Å². The van der Waals surface area contributed by atoms with Gasteiger partial charge in [0.25, 0.3) is 7.82 Å². The maximum absolute atomic E-state index is 13.5. The van der Waals surface area contributed by atoms with Gasteiger partial charge >= 0.3 is 29.6 Å². The number of hydrogen-bond donors (Lipinski definition) is 0. The third-order valence-corrected chi connectivity index (χ3v) is 13.2. The van der Waals surface area contributed by atoms with Crippen molar-refractivity contribution >= 4 is 13.6 Å². The summed E-state index contributed by atoms with van der Waals surface area (Å²) in [6.45, 7) is 7.10. The summed E-state index contributed by atoms with van der Waals surface area (Å²) in [6.07, 6.45) is 22.0. The molecule has 1 aromatic rings. The Hall–Kier alpha value is -0.900. The number of phosphoric acid groups is 1. The molecule has 0 amide bonds. The van der Waals surface area contributed by atoms with Gasteiger partial charge in [0.15, 0.2) is 23.4 Å². The molecule has 15 heteroatoms. The van der Waals surface area contributed by atoms with Gasteiger partial charge in [-0.15, -0.1) is 0 Å². The quantitative estimate of drug-likeness (QED) is 0.0563. The van der Waals surface area contributed by atoms with Gasteiger partial charge in [-0.1, -0.05) is 96.5 Å². The number of unbranched alkanes of at least 4 members (excludes halogenated alkanes) is 13. The van der Waals surface area contributed by atoms with E-state index in [1.54, 1.807) is 13.2 Å². The van der Waals surface area contributed by atoms with Crippen LogP contribution in [-0.2, 0) is 53.9 Å². The van der Waals surface area contributed by atoms with Gasteiger partial charge in [-0.25, -0.2) is 0 Å². The van der Waals surface area contributed by atoms with Crippen LogP contribution in [0.15, 0.2) is 24.3 Å². The van der Waals surface area contributed by atoms with Crippen molar-refractivity contribution in [3.63, 3.8) is 0 Å². The van der Waals surface area contributed by atoms with Crippen molar-refractivity contribution in [3.8, 4) is 11.5 Å². The first-order valence-electron chi connectivity index (χ1n) is 22.1. The van der Waals surface area contributed by atoms with Crippen LogP contribution < -0.4 is 43.9 Å². The van der Waals surface area contributed by atoms with E-state index in [0.29, 0.717) is 77.1 Å². The predicted molar refractivity (Wildman–Crippen MR) is 220 cm³/mol. The van der Waals surface area contributed by atoms with Crippen LogP contribution in [0.4, 0.5) is 0 Å². The van der Waals surface area contributed by atoms with Gasteiger partial charge < -0.3 is 47.1 Å². The Kier molecular flexibility index (Phi) is 22.9. The molecule has 2 aliphatic heterocycles. The molecule has 330 valence electrons. The molecule has 5 atom stereocenters. The SMILES string of the molecule is CCCCCCCCCCCCCCCCOCCOCCOCCOCCOCCOP(=O)([O-])O[C@@]12C=CC(=O)[C@@H]3Oc4c(OC)ccc5c4[C@@]31CCN(C)[C@@H]2C5.[Na+]. The fourth-order valence-corrected chi connectivity index (χ4v) is 10.3. The summed E-state index contributed by atoms with van der Waals surface area (Å²) in [7, 11) is -1.38. The molecule has 2 heterocycles. The fraction of sp³-hybridized carbons (Fsp3) is 0.795. The molecule has 0 N–H and O–H groups in total. The molecule has 1 fully saturated rings. The summed E-state index contributed by atoms with van der Waals surface area (Å²) in [4.78, 5) is 28.8. The summed E-state index contributed by atoms with van der Waals surface area (Å²) in [5, 5.41) is 0. The van der Waals surface area contributed by atoms with E-state index in [-0.39, 0.29) is 61.2 Å². The molecular formula is C44H71NNaO12P. The van der Waals surface area contributed by atoms with Crippen LogP contribution in [0.2, 0.25) is 0 Å². The number of likely N-dealkylation sites (N-methyl/N-ethyl adjacent to an activating group) is 1. The van der Waals surface area contributed by atoms with E-state index in [1.165, 1.54) is 89.5 Å². The van der Waals surface area contributed by atoms with E-state index in [4.69, 9.17) is 42.2 Å². The van der Waals surface area contributed by atoms with E-state index >= 15 is 0 Å². The van der Waals surface area contributed by atoms with Crippen molar-refractivity contribution in [2.45, 2.75) is 133 Å². The Balaban J connectivity index is 0.00000769. The van der Waals surface area contributed by atoms with Crippen molar-refractivity contribution in [1.82, 2.24) is 4.90 Å². The maximum Gasteiger partial charge on any atom is 1.00 e. The van der Waals surface area contributed by atoms with Gasteiger partial charge in [-0.3, -0.25) is 14.3 Å². The Morgan fingerprint density at radius 1 is 0.763 bits per heavy atom. The Morgan fingerprint density at radius 2 is 1.27 bits per heavy atom. The second kappa shape index (κ2) is 26.7. The minimum atomic E-state index is -4.87. The normalized spacial score (nSPS) is 23.8. The first-order valence-corrected chi connectivity index (χ1v) is 23.6. The molecule has 1 spiro atoms. The molecule has 5 rings (SSSR count).